The molecule has 0 bridgehead atoms. The zero-order valence-corrected chi connectivity index (χ0v) is 19.1. The maximum Gasteiger partial charge on any atom is 0.123 e. The molecule has 1 atom stereocenters. The molecule has 0 radical (unpaired) electrons. The molecule has 6 heteroatoms. The molecule has 2 aliphatic heterocycles. The summed E-state index contributed by atoms with van der Waals surface area (Å²) < 4.78 is 18.7. The van der Waals surface area contributed by atoms with Crippen molar-refractivity contribution in [1.29, 1.82) is 0 Å². The largest absolute Gasteiger partial charge is 0.492 e. The minimum atomic E-state index is -0.240. The Bertz CT molecular complexity index is 921. The minimum absolute atomic E-state index is 0.152. The van der Waals surface area contributed by atoms with Gasteiger partial charge < -0.3 is 15.4 Å². The number of hydrogen-bond acceptors (Lipinski definition) is 4. The van der Waals surface area contributed by atoms with Crippen molar-refractivity contribution in [2.45, 2.75) is 18.9 Å². The summed E-state index contributed by atoms with van der Waals surface area (Å²) in [6, 6.07) is 13.9. The Morgan fingerprint density at radius 3 is 2.50 bits per heavy atom. The highest BCUT2D eigenvalue weighted by Gasteiger charge is 2.25. The molecule has 0 aromatic heterocycles. The number of allylic oxidation sites excluding steroid dienone is 2. The smallest absolute Gasteiger partial charge is 0.123 e. The third kappa shape index (κ3) is 6.12. The summed E-state index contributed by atoms with van der Waals surface area (Å²) in [5.74, 6) is 1.13. The fourth-order valence-electron chi connectivity index (χ4n) is 4.41. The van der Waals surface area contributed by atoms with E-state index in [1.807, 2.05) is 24.3 Å². The molecule has 2 aliphatic rings. The fourth-order valence-corrected chi connectivity index (χ4v) is 4.54. The van der Waals surface area contributed by atoms with Gasteiger partial charge in [0, 0.05) is 30.4 Å². The molecule has 32 heavy (non-hydrogen) atoms. The first-order valence-electron chi connectivity index (χ1n) is 11.3. The molecular formula is C26H31ClFN3O. The summed E-state index contributed by atoms with van der Waals surface area (Å²) >= 11 is 6.04. The first-order chi connectivity index (χ1) is 15.6. The van der Waals surface area contributed by atoms with Gasteiger partial charge in [-0.05, 0) is 79.9 Å². The number of nitrogens with two attached hydrogens (primary N) is 1. The van der Waals surface area contributed by atoms with E-state index in [1.54, 1.807) is 12.1 Å². The Labute approximate surface area is 195 Å². The molecule has 170 valence electrons. The molecule has 2 aromatic rings. The van der Waals surface area contributed by atoms with Crippen LogP contribution in [0.5, 0.6) is 5.75 Å². The number of piperidine rings is 1. The second-order valence-corrected chi connectivity index (χ2v) is 8.98. The number of hydrogen-bond donors (Lipinski definition) is 1. The molecule has 1 saturated heterocycles. The van der Waals surface area contributed by atoms with Gasteiger partial charge in [0.05, 0.1) is 6.04 Å². The molecule has 2 heterocycles. The van der Waals surface area contributed by atoms with E-state index in [0.29, 0.717) is 12.5 Å². The number of nitrogens with zero attached hydrogens (tertiary/aromatic N) is 2. The number of ether oxygens (including phenoxy) is 1. The predicted molar refractivity (Wildman–Crippen MR) is 128 cm³/mol. The van der Waals surface area contributed by atoms with Crippen molar-refractivity contribution in [3.63, 3.8) is 0 Å². The molecule has 0 saturated carbocycles. The van der Waals surface area contributed by atoms with E-state index in [0.717, 1.165) is 49.1 Å². The highest BCUT2D eigenvalue weighted by molar-refractivity contribution is 6.30. The SMILES string of the molecule is N[C@H](C1=CC=CCN1CC1CCN(CCOc2ccc(F)cc2)CC1)c1ccc(Cl)cc1. The average Bonchev–Trinajstić information content (AvgIpc) is 2.82. The van der Waals surface area contributed by atoms with E-state index in [9.17, 15) is 4.39 Å². The van der Waals surface area contributed by atoms with Gasteiger partial charge in [-0.1, -0.05) is 35.9 Å². The predicted octanol–water partition coefficient (Wildman–Crippen LogP) is 5.03. The topological polar surface area (TPSA) is 41.7 Å². The van der Waals surface area contributed by atoms with Gasteiger partial charge in [0.1, 0.15) is 18.2 Å². The van der Waals surface area contributed by atoms with Crippen LogP contribution < -0.4 is 10.5 Å². The molecule has 1 fully saturated rings. The first-order valence-corrected chi connectivity index (χ1v) is 11.7. The number of benzene rings is 2. The zero-order chi connectivity index (χ0) is 22.3. The van der Waals surface area contributed by atoms with Gasteiger partial charge in [-0.2, -0.15) is 0 Å². The maximum atomic E-state index is 13.0. The Morgan fingerprint density at radius 2 is 1.78 bits per heavy atom. The monoisotopic (exact) mass is 455 g/mol. The molecule has 4 nitrogen and oxygen atoms in total. The summed E-state index contributed by atoms with van der Waals surface area (Å²) in [4.78, 5) is 4.88. The van der Waals surface area contributed by atoms with Crippen molar-refractivity contribution in [1.82, 2.24) is 9.80 Å². The summed E-state index contributed by atoms with van der Waals surface area (Å²) in [5.41, 5.74) is 8.87. The number of halogens is 2. The van der Waals surface area contributed by atoms with Crippen molar-refractivity contribution in [3.05, 3.63) is 88.9 Å². The van der Waals surface area contributed by atoms with Gasteiger partial charge >= 0.3 is 0 Å². The second-order valence-electron chi connectivity index (χ2n) is 8.54. The molecule has 0 spiro atoms. The van der Waals surface area contributed by atoms with Crippen molar-refractivity contribution < 1.29 is 9.13 Å². The van der Waals surface area contributed by atoms with Crippen molar-refractivity contribution in [2.75, 3.05) is 39.3 Å². The van der Waals surface area contributed by atoms with Crippen molar-refractivity contribution in [3.8, 4) is 5.75 Å². The summed E-state index contributed by atoms with van der Waals surface area (Å²) in [6.45, 7) is 5.59. The van der Waals surface area contributed by atoms with Gasteiger partial charge in [-0.25, -0.2) is 4.39 Å². The van der Waals surface area contributed by atoms with Crippen molar-refractivity contribution >= 4 is 11.6 Å². The van der Waals surface area contributed by atoms with Crippen LogP contribution in [0.4, 0.5) is 4.39 Å². The van der Waals surface area contributed by atoms with Crippen LogP contribution in [0.3, 0.4) is 0 Å². The Morgan fingerprint density at radius 1 is 1.06 bits per heavy atom. The van der Waals surface area contributed by atoms with Crippen LogP contribution >= 0.6 is 11.6 Å². The lowest BCUT2D eigenvalue weighted by Gasteiger charge is -2.38. The lowest BCUT2D eigenvalue weighted by atomic mass is 9.94. The van der Waals surface area contributed by atoms with E-state index in [2.05, 4.69) is 28.0 Å². The van der Waals surface area contributed by atoms with Crippen LogP contribution in [0.2, 0.25) is 5.02 Å². The standard InChI is InChI=1S/C26H31ClFN3O/c27-22-6-4-21(5-7-22)26(29)25-3-1-2-14-31(25)19-20-12-15-30(16-13-20)17-18-32-24-10-8-23(28)9-11-24/h1-11,20,26H,12-19,29H2/t26-/m0/s1. The van der Waals surface area contributed by atoms with E-state index in [4.69, 9.17) is 22.1 Å². The number of rotatable bonds is 8. The Hall–Kier alpha value is -2.34. The van der Waals surface area contributed by atoms with E-state index >= 15 is 0 Å². The lowest BCUT2D eigenvalue weighted by molar-refractivity contribution is 0.138. The van der Waals surface area contributed by atoms with Crippen LogP contribution in [-0.4, -0.2) is 49.1 Å². The van der Waals surface area contributed by atoms with Crippen molar-refractivity contribution in [2.24, 2.45) is 11.7 Å². The Kier molecular flexibility index (Phi) is 7.85. The third-order valence-electron chi connectivity index (χ3n) is 6.32. The normalized spacial score (nSPS) is 18.5. The first kappa shape index (κ1) is 22.8. The Balaban J connectivity index is 1.24. The highest BCUT2D eigenvalue weighted by atomic mass is 35.5. The molecule has 0 aliphatic carbocycles. The van der Waals surface area contributed by atoms with E-state index in [-0.39, 0.29) is 11.9 Å². The van der Waals surface area contributed by atoms with Gasteiger partial charge in [-0.15, -0.1) is 0 Å². The summed E-state index contributed by atoms with van der Waals surface area (Å²) in [5, 5.41) is 0.727. The molecule has 0 unspecified atom stereocenters. The second kappa shape index (κ2) is 11.0. The fraction of sp³-hybridized carbons (Fsp3) is 0.385. The minimum Gasteiger partial charge on any atom is -0.492 e. The summed E-state index contributed by atoms with van der Waals surface area (Å²) in [6.07, 6.45) is 8.77. The van der Waals surface area contributed by atoms with Crippen LogP contribution in [-0.2, 0) is 0 Å². The molecule has 2 aromatic carbocycles. The van der Waals surface area contributed by atoms with E-state index < -0.39 is 0 Å². The van der Waals surface area contributed by atoms with Gasteiger partial charge in [0.15, 0.2) is 0 Å². The lowest BCUT2D eigenvalue weighted by Crippen LogP contribution is -2.41. The van der Waals surface area contributed by atoms with Gasteiger partial charge in [-0.3, -0.25) is 4.90 Å². The molecule has 2 N–H and O–H groups in total. The third-order valence-corrected chi connectivity index (χ3v) is 6.57. The van der Waals surface area contributed by atoms with Gasteiger partial charge in [0.25, 0.3) is 0 Å². The van der Waals surface area contributed by atoms with Crippen LogP contribution in [0.1, 0.15) is 24.4 Å². The number of likely N-dealkylation sites (tertiary alicyclic amines) is 1. The van der Waals surface area contributed by atoms with Crippen LogP contribution in [0.25, 0.3) is 0 Å². The van der Waals surface area contributed by atoms with Gasteiger partial charge in [0.2, 0.25) is 0 Å². The zero-order valence-electron chi connectivity index (χ0n) is 18.3. The highest BCUT2D eigenvalue weighted by Crippen LogP contribution is 2.28. The quantitative estimate of drug-likeness (QED) is 0.606. The van der Waals surface area contributed by atoms with E-state index in [1.165, 1.54) is 30.7 Å². The summed E-state index contributed by atoms with van der Waals surface area (Å²) in [7, 11) is 0. The average molecular weight is 456 g/mol. The van der Waals surface area contributed by atoms with Crippen LogP contribution in [0.15, 0.2) is 72.5 Å². The van der Waals surface area contributed by atoms with Crippen LogP contribution in [0, 0.1) is 11.7 Å². The molecular weight excluding hydrogens is 425 g/mol. The molecule has 0 amide bonds. The molecule has 4 rings (SSSR count). The maximum absolute atomic E-state index is 13.0.